The van der Waals surface area contributed by atoms with E-state index < -0.39 is 23.8 Å². The largest absolute Gasteiger partial charge is 0.491 e. The molecule has 1 saturated heterocycles. The number of halogens is 3. The fourth-order valence-corrected chi connectivity index (χ4v) is 10.9. The lowest BCUT2D eigenvalue weighted by molar-refractivity contribution is -0.139. The number of nitrogens with two attached hydrogens (primary N) is 1. The number of nitrogen functional groups attached to an aromatic ring is 1. The molecule has 1 aliphatic carbocycles. The van der Waals surface area contributed by atoms with E-state index in [0.29, 0.717) is 77.4 Å². The molecule has 3 amide bonds. The van der Waals surface area contributed by atoms with Crippen LogP contribution in [0.2, 0.25) is 0 Å². The van der Waals surface area contributed by atoms with Crippen LogP contribution in [0.25, 0.3) is 11.1 Å². The summed E-state index contributed by atoms with van der Waals surface area (Å²) in [6.45, 7) is 4.09. The van der Waals surface area contributed by atoms with Gasteiger partial charge in [0.1, 0.15) is 34.8 Å². The fraction of sp³-hybridized carbons (Fsp3) is 0.400. The Bertz CT molecular complexity index is 3010. The van der Waals surface area contributed by atoms with Crippen molar-refractivity contribution in [3.63, 3.8) is 0 Å². The number of carbonyl (C=O) groups is 4. The van der Waals surface area contributed by atoms with Crippen molar-refractivity contribution in [2.24, 2.45) is 5.92 Å². The number of hydrogen-bond acceptors (Lipinski definition) is 13. The van der Waals surface area contributed by atoms with Gasteiger partial charge < -0.3 is 40.4 Å². The van der Waals surface area contributed by atoms with Gasteiger partial charge in [-0.05, 0) is 106 Å². The smallest absolute Gasteiger partial charge is 0.416 e. The first-order chi connectivity index (χ1) is 36.2. The number of nitrogens with zero attached hydrogens (tertiary/aromatic N) is 6. The van der Waals surface area contributed by atoms with E-state index in [2.05, 4.69) is 20.7 Å². The lowest BCUT2D eigenvalue weighted by Crippen LogP contribution is -2.55. The van der Waals surface area contributed by atoms with Gasteiger partial charge in [0.15, 0.2) is 11.6 Å². The lowest BCUT2D eigenvalue weighted by atomic mass is 9.83. The zero-order valence-electron chi connectivity index (χ0n) is 41.8. The topological polar surface area (TPSA) is 196 Å². The highest BCUT2D eigenvalue weighted by Gasteiger charge is 2.40. The Morgan fingerprint density at radius 3 is 2.53 bits per heavy atom. The maximum Gasteiger partial charge on any atom is 0.416 e. The number of rotatable bonds is 20. The fourth-order valence-electron chi connectivity index (χ4n) is 9.91. The summed E-state index contributed by atoms with van der Waals surface area (Å²) in [7, 11) is 1.73. The Labute approximate surface area is 436 Å². The van der Waals surface area contributed by atoms with Gasteiger partial charge in [0.05, 0.1) is 50.0 Å². The number of thiazole rings is 1. The molecular weight excluding hydrogens is 988 g/mol. The molecule has 1 saturated carbocycles. The molecule has 5 heterocycles. The Balaban J connectivity index is 0.731. The number of aromatic nitrogens is 4. The zero-order valence-corrected chi connectivity index (χ0v) is 42.6. The third-order valence-corrected chi connectivity index (χ3v) is 15.0. The molecule has 9 rings (SSSR count). The van der Waals surface area contributed by atoms with Crippen LogP contribution < -0.4 is 30.7 Å². The summed E-state index contributed by atoms with van der Waals surface area (Å²) in [5, 5.41) is 13.0. The number of carbonyl (C=O) groups excluding carboxylic acids is 4. The van der Waals surface area contributed by atoms with E-state index in [9.17, 15) is 32.3 Å². The van der Waals surface area contributed by atoms with Crippen molar-refractivity contribution in [2.45, 2.75) is 95.6 Å². The highest BCUT2D eigenvalue weighted by atomic mass is 32.1. The molecule has 4 N–H and O–H groups in total. The predicted octanol–water partition coefficient (Wildman–Crippen LogP) is 8.59. The maximum atomic E-state index is 14.2. The Kier molecular flexibility index (Phi) is 16.6. The summed E-state index contributed by atoms with van der Waals surface area (Å²) in [6.07, 6.45) is 7.63. The van der Waals surface area contributed by atoms with Crippen LogP contribution >= 0.6 is 11.3 Å². The number of alkyl halides is 3. The molecule has 3 aromatic heterocycles. The van der Waals surface area contributed by atoms with Crippen molar-refractivity contribution >= 4 is 46.3 Å². The van der Waals surface area contributed by atoms with Crippen molar-refractivity contribution in [1.82, 2.24) is 35.3 Å². The van der Waals surface area contributed by atoms with Crippen LogP contribution in [0.1, 0.15) is 95.7 Å². The van der Waals surface area contributed by atoms with Gasteiger partial charge in [-0.15, -0.1) is 11.3 Å². The van der Waals surface area contributed by atoms with Crippen LogP contribution in [0.4, 0.5) is 24.7 Å². The molecule has 75 heavy (non-hydrogen) atoms. The van der Waals surface area contributed by atoms with Gasteiger partial charge in [-0.1, -0.05) is 49.6 Å². The number of fused-ring (bicyclic) bond motifs is 1. The predicted molar refractivity (Wildman–Crippen MR) is 277 cm³/mol. The summed E-state index contributed by atoms with van der Waals surface area (Å²) in [5.41, 5.74) is 9.49. The molecule has 2 fully saturated rings. The van der Waals surface area contributed by atoms with E-state index in [-0.39, 0.29) is 60.9 Å². The lowest BCUT2D eigenvalue weighted by Gasteiger charge is -2.35. The van der Waals surface area contributed by atoms with Crippen molar-refractivity contribution in [3.8, 4) is 28.4 Å². The van der Waals surface area contributed by atoms with Crippen LogP contribution in [0.5, 0.6) is 17.2 Å². The van der Waals surface area contributed by atoms with Gasteiger partial charge in [-0.3, -0.25) is 23.9 Å². The third kappa shape index (κ3) is 12.7. The maximum absolute atomic E-state index is 14.2. The van der Waals surface area contributed by atoms with Crippen molar-refractivity contribution in [3.05, 3.63) is 130 Å². The highest BCUT2D eigenvalue weighted by Crippen LogP contribution is 2.39. The van der Waals surface area contributed by atoms with Crippen LogP contribution in [-0.4, -0.2) is 100 Å². The average Bonchev–Trinajstić information content (AvgIpc) is 4.28. The minimum Gasteiger partial charge on any atom is -0.491 e. The monoisotopic (exact) mass is 1050 g/mol. The summed E-state index contributed by atoms with van der Waals surface area (Å²) in [4.78, 5) is 66.7. The van der Waals surface area contributed by atoms with Crippen molar-refractivity contribution in [1.29, 1.82) is 0 Å². The highest BCUT2D eigenvalue weighted by molar-refractivity contribution is 7.10. The van der Waals surface area contributed by atoms with E-state index in [1.807, 2.05) is 17.2 Å². The summed E-state index contributed by atoms with van der Waals surface area (Å²) < 4.78 is 59.5. The molecule has 3 atom stereocenters. The van der Waals surface area contributed by atoms with Crippen molar-refractivity contribution < 1.29 is 46.6 Å². The first-order valence-corrected chi connectivity index (χ1v) is 26.2. The van der Waals surface area contributed by atoms with Gasteiger partial charge in [-0.2, -0.15) is 18.3 Å². The minimum absolute atomic E-state index is 0.0768. The average molecular weight is 1050 g/mol. The number of likely N-dealkylation sites (N-methyl/N-ethyl adjacent to an activating group) is 1. The second-order valence-electron chi connectivity index (χ2n) is 19.1. The van der Waals surface area contributed by atoms with Gasteiger partial charge in [0.25, 0.3) is 0 Å². The minimum atomic E-state index is -4.49. The molecule has 0 unspecified atom stereocenters. The number of nitrogens with one attached hydrogen (secondary N) is 2. The number of pyridine rings is 1. The van der Waals surface area contributed by atoms with Gasteiger partial charge in [-0.25, -0.2) is 9.97 Å². The summed E-state index contributed by atoms with van der Waals surface area (Å²) in [6, 6.07) is 17.5. The summed E-state index contributed by atoms with van der Waals surface area (Å²) in [5.74, 6) is 0.770. The molecule has 3 aromatic carbocycles. The van der Waals surface area contributed by atoms with E-state index >= 15 is 0 Å². The molecule has 3 aliphatic rings. The standard InChI is InChI=1S/C55H60F3N9O7S/c1-34(60-2)52(70)64-49(36-10-4-3-5-11-36)54(71)67-19-8-15-46(67)53-63-44(33-75-53)50(69)38-12-7-14-42(28-38)73-24-23-72-22-21-65-32-40(31-62-65)39-29-47(51(59)61-30-39)74-43-16-17-45-37(27-43)18-20-66(45)48(68)26-35-9-6-13-41(25-35)55(56,57)58/h6-7,9,12-14,16-17,25,27-34,36,46,49,60H,3-5,8,10-11,15,18-24,26H2,1-2H3,(H2,59,61)(H,64,70)/t34-,46-,49-/m0/s1. The normalized spacial score (nSPS) is 16.6. The Hall–Kier alpha value is -7.16. The van der Waals surface area contributed by atoms with E-state index in [1.165, 1.54) is 23.5 Å². The first kappa shape index (κ1) is 52.7. The molecule has 0 bridgehead atoms. The zero-order chi connectivity index (χ0) is 52.6. The van der Waals surface area contributed by atoms with E-state index in [4.69, 9.17) is 24.9 Å². The molecule has 394 valence electrons. The van der Waals surface area contributed by atoms with Crippen LogP contribution in [0, 0.1) is 5.92 Å². The van der Waals surface area contributed by atoms with E-state index in [1.54, 1.807) is 83.8 Å². The first-order valence-electron chi connectivity index (χ1n) is 25.4. The van der Waals surface area contributed by atoms with Crippen molar-refractivity contribution in [2.75, 3.05) is 50.6 Å². The Morgan fingerprint density at radius 2 is 1.72 bits per heavy atom. The number of ketones is 1. The van der Waals surface area contributed by atoms with Crippen LogP contribution in [-0.2, 0) is 44.7 Å². The molecule has 6 aromatic rings. The molecule has 16 nitrogen and oxygen atoms in total. The molecular formula is C55H60F3N9O7S. The van der Waals surface area contributed by atoms with Crippen LogP contribution in [0.3, 0.4) is 0 Å². The number of anilines is 2. The molecule has 0 spiro atoms. The number of benzene rings is 3. The number of amides is 3. The second kappa shape index (κ2) is 23.6. The Morgan fingerprint density at radius 1 is 0.893 bits per heavy atom. The second-order valence-corrected chi connectivity index (χ2v) is 20.0. The van der Waals surface area contributed by atoms with Gasteiger partial charge in [0, 0.05) is 53.2 Å². The number of likely N-dealkylation sites (tertiary alicyclic amines) is 1. The summed E-state index contributed by atoms with van der Waals surface area (Å²) >= 11 is 1.37. The SMILES string of the molecule is CN[C@@H](C)C(=O)N[C@H](C(=O)N1CCC[C@H]1c1nc(C(=O)c2cccc(OCCOCCn3cc(-c4cnc(N)c(Oc5ccc6c(c5)CCN6C(=O)Cc5cccc(C(F)(F)F)c5)c4)cn3)c2)cs1)C1CCCCC1. The molecule has 2 aliphatic heterocycles. The van der Waals surface area contributed by atoms with Gasteiger partial charge in [0.2, 0.25) is 23.5 Å². The number of ether oxygens (including phenoxy) is 3. The third-order valence-electron chi connectivity index (χ3n) is 14.1. The number of hydrogen-bond donors (Lipinski definition) is 3. The van der Waals surface area contributed by atoms with E-state index in [0.717, 1.165) is 73.8 Å². The van der Waals surface area contributed by atoms with Crippen LogP contribution in [0.15, 0.2) is 96.8 Å². The van der Waals surface area contributed by atoms with Gasteiger partial charge >= 0.3 is 6.18 Å². The molecule has 0 radical (unpaired) electrons. The molecule has 20 heteroatoms. The quantitative estimate of drug-likeness (QED) is 0.0488.